The lowest BCUT2D eigenvalue weighted by molar-refractivity contribution is 0.101. The highest BCUT2D eigenvalue weighted by Gasteiger charge is 2.19. The van der Waals surface area contributed by atoms with Gasteiger partial charge in [-0.25, -0.2) is 9.97 Å². The average Bonchev–Trinajstić information content (AvgIpc) is 3.18. The number of carbonyl (C=O) groups excluding carboxylic acids is 1. The van der Waals surface area contributed by atoms with Crippen LogP contribution in [-0.2, 0) is 0 Å². The number of amides is 1. The number of anilines is 1. The third-order valence-corrected chi connectivity index (χ3v) is 3.24. The van der Waals surface area contributed by atoms with Gasteiger partial charge in [-0.2, -0.15) is 0 Å². The van der Waals surface area contributed by atoms with Crippen molar-refractivity contribution in [3.63, 3.8) is 0 Å². The highest BCUT2D eigenvalue weighted by molar-refractivity contribution is 6.03. The van der Waals surface area contributed by atoms with Gasteiger partial charge in [-0.15, -0.1) is 0 Å². The van der Waals surface area contributed by atoms with Crippen molar-refractivity contribution in [2.24, 2.45) is 0 Å². The molecule has 1 aliphatic rings. The zero-order valence-electron chi connectivity index (χ0n) is 11.4. The minimum Gasteiger partial charge on any atom is -0.489 e. The van der Waals surface area contributed by atoms with Crippen molar-refractivity contribution >= 4 is 11.9 Å². The normalized spacial score (nSPS) is 17.6. The zero-order chi connectivity index (χ0) is 14.5. The summed E-state index contributed by atoms with van der Waals surface area (Å²) in [4.78, 5) is 20.1. The fourth-order valence-electron chi connectivity index (χ4n) is 2.21. The van der Waals surface area contributed by atoms with Gasteiger partial charge in [-0.05, 0) is 31.5 Å². The molecule has 0 aromatic carbocycles. The molecule has 1 saturated heterocycles. The van der Waals surface area contributed by atoms with E-state index in [-0.39, 0.29) is 11.7 Å². The predicted molar refractivity (Wildman–Crippen MR) is 75.2 cm³/mol. The molecule has 21 heavy (non-hydrogen) atoms. The standard InChI is InChI=1S/C14H16N4O3/c19-13(18-14-17-7-8-20-14)12-11(4-2-6-16-12)21-9-10-3-1-5-15-10/h2,4,6-8,10,15H,1,3,5,9H2,(H,17,18,19)/t10-/m1/s1. The molecule has 3 heterocycles. The molecule has 0 aliphatic carbocycles. The highest BCUT2D eigenvalue weighted by atomic mass is 16.5. The van der Waals surface area contributed by atoms with E-state index < -0.39 is 5.91 Å². The lowest BCUT2D eigenvalue weighted by Gasteiger charge is -2.13. The topological polar surface area (TPSA) is 89.3 Å². The van der Waals surface area contributed by atoms with Crippen LogP contribution in [0.4, 0.5) is 6.01 Å². The molecule has 0 bridgehead atoms. The number of hydrogen-bond acceptors (Lipinski definition) is 6. The number of ether oxygens (including phenoxy) is 1. The fraction of sp³-hybridized carbons (Fsp3) is 0.357. The Bertz CT molecular complexity index is 594. The van der Waals surface area contributed by atoms with Crippen LogP contribution in [0.25, 0.3) is 0 Å². The number of carbonyl (C=O) groups is 1. The van der Waals surface area contributed by atoms with Crippen LogP contribution in [0.3, 0.4) is 0 Å². The number of aromatic nitrogens is 2. The molecule has 0 spiro atoms. The van der Waals surface area contributed by atoms with Crippen LogP contribution >= 0.6 is 0 Å². The van der Waals surface area contributed by atoms with E-state index in [0.29, 0.717) is 18.4 Å². The molecule has 0 saturated carbocycles. The van der Waals surface area contributed by atoms with Gasteiger partial charge >= 0.3 is 6.01 Å². The summed E-state index contributed by atoms with van der Waals surface area (Å²) in [6.45, 7) is 1.53. The molecule has 2 N–H and O–H groups in total. The molecule has 0 unspecified atom stereocenters. The Hall–Kier alpha value is -2.41. The first kappa shape index (κ1) is 13.6. The van der Waals surface area contributed by atoms with Gasteiger partial charge in [0.15, 0.2) is 11.4 Å². The van der Waals surface area contributed by atoms with E-state index in [2.05, 4.69) is 20.6 Å². The van der Waals surface area contributed by atoms with Gasteiger partial charge in [0, 0.05) is 12.2 Å². The molecule has 3 rings (SSSR count). The van der Waals surface area contributed by atoms with Crippen molar-refractivity contribution in [1.29, 1.82) is 0 Å². The number of nitrogens with one attached hydrogen (secondary N) is 2. The van der Waals surface area contributed by atoms with Crippen molar-refractivity contribution in [2.45, 2.75) is 18.9 Å². The molecule has 7 heteroatoms. The molecule has 0 radical (unpaired) electrons. The summed E-state index contributed by atoms with van der Waals surface area (Å²) >= 11 is 0. The van der Waals surface area contributed by atoms with Crippen molar-refractivity contribution in [3.8, 4) is 5.75 Å². The lowest BCUT2D eigenvalue weighted by atomic mass is 10.2. The summed E-state index contributed by atoms with van der Waals surface area (Å²) in [5.41, 5.74) is 0.216. The molecular formula is C14H16N4O3. The number of pyridine rings is 1. The maximum absolute atomic E-state index is 12.2. The Morgan fingerprint density at radius 2 is 2.43 bits per heavy atom. The van der Waals surface area contributed by atoms with Gasteiger partial charge in [0.1, 0.15) is 12.9 Å². The van der Waals surface area contributed by atoms with Crippen LogP contribution in [0.5, 0.6) is 5.75 Å². The molecule has 2 aromatic rings. The summed E-state index contributed by atoms with van der Waals surface area (Å²) in [5, 5.41) is 5.87. The largest absolute Gasteiger partial charge is 0.489 e. The Labute approximate surface area is 121 Å². The second-order valence-corrected chi connectivity index (χ2v) is 4.75. The first-order chi connectivity index (χ1) is 10.3. The maximum atomic E-state index is 12.2. The highest BCUT2D eigenvalue weighted by Crippen LogP contribution is 2.18. The maximum Gasteiger partial charge on any atom is 0.301 e. The van der Waals surface area contributed by atoms with Gasteiger partial charge in [0.25, 0.3) is 5.91 Å². The van der Waals surface area contributed by atoms with E-state index in [1.54, 1.807) is 18.3 Å². The number of nitrogens with zero attached hydrogens (tertiary/aromatic N) is 2. The van der Waals surface area contributed by atoms with E-state index in [4.69, 9.17) is 9.15 Å². The van der Waals surface area contributed by atoms with E-state index >= 15 is 0 Å². The summed E-state index contributed by atoms with van der Waals surface area (Å²) in [5.74, 6) is 0.0442. The lowest BCUT2D eigenvalue weighted by Crippen LogP contribution is -2.28. The Kier molecular flexibility index (Phi) is 4.11. The van der Waals surface area contributed by atoms with Crippen LogP contribution in [0.1, 0.15) is 23.3 Å². The number of oxazole rings is 1. The number of hydrogen-bond donors (Lipinski definition) is 2. The molecule has 110 valence electrons. The third-order valence-electron chi connectivity index (χ3n) is 3.24. The van der Waals surface area contributed by atoms with Crippen molar-refractivity contribution < 1.29 is 13.9 Å². The first-order valence-corrected chi connectivity index (χ1v) is 6.85. The van der Waals surface area contributed by atoms with Crippen LogP contribution in [0.2, 0.25) is 0 Å². The SMILES string of the molecule is O=C(Nc1ncco1)c1ncccc1OC[C@H]1CCCN1. The van der Waals surface area contributed by atoms with Crippen molar-refractivity contribution in [2.75, 3.05) is 18.5 Å². The molecule has 2 aromatic heterocycles. The van der Waals surface area contributed by atoms with E-state index in [1.165, 1.54) is 12.5 Å². The monoisotopic (exact) mass is 288 g/mol. The fourth-order valence-corrected chi connectivity index (χ4v) is 2.21. The Morgan fingerprint density at radius 1 is 1.48 bits per heavy atom. The molecule has 1 amide bonds. The summed E-state index contributed by atoms with van der Waals surface area (Å²) in [7, 11) is 0. The first-order valence-electron chi connectivity index (χ1n) is 6.85. The molecule has 1 atom stereocenters. The second kappa shape index (κ2) is 6.36. The number of rotatable bonds is 5. The van der Waals surface area contributed by atoms with Crippen LogP contribution in [0, 0.1) is 0 Å². The summed E-state index contributed by atoms with van der Waals surface area (Å²) in [6, 6.07) is 3.92. The second-order valence-electron chi connectivity index (χ2n) is 4.75. The summed E-state index contributed by atoms with van der Waals surface area (Å²) < 4.78 is 10.7. The molecule has 1 aliphatic heterocycles. The quantitative estimate of drug-likeness (QED) is 0.865. The van der Waals surface area contributed by atoms with Crippen LogP contribution in [-0.4, -0.2) is 35.1 Å². The molecular weight excluding hydrogens is 272 g/mol. The van der Waals surface area contributed by atoms with Gasteiger partial charge in [-0.1, -0.05) is 0 Å². The Morgan fingerprint density at radius 3 is 3.19 bits per heavy atom. The minimum absolute atomic E-state index is 0.133. The zero-order valence-corrected chi connectivity index (χ0v) is 11.4. The minimum atomic E-state index is -0.410. The van der Waals surface area contributed by atoms with Gasteiger partial charge in [0.05, 0.1) is 6.20 Å². The average molecular weight is 288 g/mol. The van der Waals surface area contributed by atoms with Gasteiger partial charge < -0.3 is 14.5 Å². The van der Waals surface area contributed by atoms with Gasteiger partial charge in [-0.3, -0.25) is 10.1 Å². The van der Waals surface area contributed by atoms with Crippen molar-refractivity contribution in [3.05, 3.63) is 36.5 Å². The van der Waals surface area contributed by atoms with Crippen LogP contribution in [0.15, 0.2) is 35.2 Å². The predicted octanol–water partition coefficient (Wildman–Crippen LogP) is 1.45. The smallest absolute Gasteiger partial charge is 0.301 e. The van der Waals surface area contributed by atoms with E-state index in [9.17, 15) is 4.79 Å². The third kappa shape index (κ3) is 3.38. The van der Waals surface area contributed by atoms with E-state index in [1.807, 2.05) is 0 Å². The van der Waals surface area contributed by atoms with E-state index in [0.717, 1.165) is 19.4 Å². The molecule has 7 nitrogen and oxygen atoms in total. The summed E-state index contributed by atoms with van der Waals surface area (Å²) in [6.07, 6.45) is 6.62. The van der Waals surface area contributed by atoms with Crippen LogP contribution < -0.4 is 15.4 Å². The molecule has 1 fully saturated rings. The Balaban J connectivity index is 1.67. The van der Waals surface area contributed by atoms with Gasteiger partial charge in [0.2, 0.25) is 0 Å². The van der Waals surface area contributed by atoms with Crippen molar-refractivity contribution in [1.82, 2.24) is 15.3 Å².